The summed E-state index contributed by atoms with van der Waals surface area (Å²) in [6.07, 6.45) is 0. The number of para-hydroxylation sites is 2. The third-order valence-electron chi connectivity index (χ3n) is 9.72. The Morgan fingerprint density at radius 1 is 0.490 bits per heavy atom. The summed E-state index contributed by atoms with van der Waals surface area (Å²) >= 11 is 3.60. The SMILES string of the molecule is c1ccc(-c2nc(-c3ccc4c5c(cccc35)-c3ccc(-c5cccc6c5oc5ccccc56)cc3S4)nc3c2sc2ccccc23)cc1. The predicted octanol–water partition coefficient (Wildman–Crippen LogP) is 13.0. The smallest absolute Gasteiger partial charge is 0.161 e. The normalized spacial score (nSPS) is 12.4. The van der Waals surface area contributed by atoms with Gasteiger partial charge >= 0.3 is 0 Å². The molecule has 0 saturated heterocycles. The predicted molar refractivity (Wildman–Crippen MR) is 206 cm³/mol. The summed E-state index contributed by atoms with van der Waals surface area (Å²) in [5.41, 5.74) is 10.7. The fourth-order valence-electron chi connectivity index (χ4n) is 7.47. The average molecular weight is 661 g/mol. The molecule has 11 rings (SSSR count). The maximum atomic E-state index is 6.40. The molecule has 228 valence electrons. The van der Waals surface area contributed by atoms with Crippen LogP contribution in [0.5, 0.6) is 0 Å². The highest BCUT2D eigenvalue weighted by Gasteiger charge is 2.24. The van der Waals surface area contributed by atoms with Gasteiger partial charge in [-0.3, -0.25) is 0 Å². The Bertz CT molecular complexity index is 2980. The van der Waals surface area contributed by atoms with Crippen molar-refractivity contribution in [3.8, 4) is 44.9 Å². The highest BCUT2D eigenvalue weighted by Crippen LogP contribution is 2.51. The fourth-order valence-corrected chi connectivity index (χ4v) is 9.79. The molecule has 0 amide bonds. The molecule has 0 unspecified atom stereocenters. The maximum absolute atomic E-state index is 6.40. The van der Waals surface area contributed by atoms with Gasteiger partial charge in [0.1, 0.15) is 11.2 Å². The number of hydrogen-bond acceptors (Lipinski definition) is 5. The number of furan rings is 1. The lowest BCUT2D eigenvalue weighted by Crippen LogP contribution is -1.97. The molecule has 5 heteroatoms. The van der Waals surface area contributed by atoms with E-state index in [1.54, 1.807) is 11.3 Å². The zero-order valence-electron chi connectivity index (χ0n) is 26.0. The zero-order chi connectivity index (χ0) is 32.1. The number of benzene rings is 7. The summed E-state index contributed by atoms with van der Waals surface area (Å²) in [5.74, 6) is 0.753. The third-order valence-corrected chi connectivity index (χ3v) is 12.0. The molecule has 10 aromatic rings. The first-order valence-electron chi connectivity index (χ1n) is 16.3. The number of thiophene rings is 1. The van der Waals surface area contributed by atoms with Crippen LogP contribution >= 0.6 is 23.1 Å². The van der Waals surface area contributed by atoms with Gasteiger partial charge in [0.25, 0.3) is 0 Å². The molecule has 3 aromatic heterocycles. The molecule has 0 bridgehead atoms. The molecule has 0 spiro atoms. The first-order chi connectivity index (χ1) is 24.3. The number of fused-ring (bicyclic) bond motifs is 8. The minimum atomic E-state index is 0.753. The second kappa shape index (κ2) is 10.4. The molecule has 7 aromatic carbocycles. The topological polar surface area (TPSA) is 38.9 Å². The van der Waals surface area contributed by atoms with Crippen LogP contribution in [0, 0.1) is 0 Å². The second-order valence-corrected chi connectivity index (χ2v) is 14.6. The Balaban J connectivity index is 1.09. The van der Waals surface area contributed by atoms with Gasteiger partial charge in [0.05, 0.1) is 15.9 Å². The summed E-state index contributed by atoms with van der Waals surface area (Å²) in [7, 11) is 0. The van der Waals surface area contributed by atoms with Crippen molar-refractivity contribution in [2.75, 3.05) is 0 Å². The molecule has 0 atom stereocenters. The van der Waals surface area contributed by atoms with Crippen molar-refractivity contribution < 1.29 is 4.42 Å². The van der Waals surface area contributed by atoms with Crippen LogP contribution in [0.4, 0.5) is 0 Å². The number of rotatable bonds is 3. The van der Waals surface area contributed by atoms with Gasteiger partial charge in [-0.15, -0.1) is 11.3 Å². The monoisotopic (exact) mass is 660 g/mol. The van der Waals surface area contributed by atoms with Gasteiger partial charge in [-0.05, 0) is 52.4 Å². The number of nitrogens with zero attached hydrogens (tertiary/aromatic N) is 2. The van der Waals surface area contributed by atoms with Gasteiger partial charge in [0.2, 0.25) is 0 Å². The Hall–Kier alpha value is -5.75. The standard InChI is InChI=1S/C44H24N2OS2/c1-2-10-25(11-3-1)40-43-41(34-13-5-7-19-36(34)49-43)46-44(45-40)33-22-23-37-39-30(15-9-16-31(33)39)29-21-20-26(24-38(29)48-37)27-14-8-17-32-28-12-4-6-18-35(28)47-42(27)32/h1-24H. The Labute approximate surface area is 289 Å². The van der Waals surface area contributed by atoms with Crippen molar-refractivity contribution in [1.82, 2.24) is 9.97 Å². The highest BCUT2D eigenvalue weighted by molar-refractivity contribution is 7.99. The van der Waals surface area contributed by atoms with E-state index in [1.807, 2.05) is 23.9 Å². The summed E-state index contributed by atoms with van der Waals surface area (Å²) in [6.45, 7) is 0. The van der Waals surface area contributed by atoms with E-state index in [2.05, 4.69) is 133 Å². The van der Waals surface area contributed by atoms with Gasteiger partial charge in [-0.1, -0.05) is 127 Å². The van der Waals surface area contributed by atoms with Crippen LogP contribution in [0.1, 0.15) is 0 Å². The summed E-state index contributed by atoms with van der Waals surface area (Å²) in [4.78, 5) is 13.1. The molecular formula is C44H24N2OS2. The van der Waals surface area contributed by atoms with Crippen molar-refractivity contribution >= 4 is 76.1 Å². The van der Waals surface area contributed by atoms with E-state index in [0.29, 0.717) is 0 Å². The molecule has 0 radical (unpaired) electrons. The minimum Gasteiger partial charge on any atom is -0.455 e. The van der Waals surface area contributed by atoms with Gasteiger partial charge in [0, 0.05) is 52.7 Å². The first-order valence-corrected chi connectivity index (χ1v) is 18.0. The summed E-state index contributed by atoms with van der Waals surface area (Å²) in [6, 6.07) is 51.7. The Morgan fingerprint density at radius 3 is 2.16 bits per heavy atom. The molecule has 0 fully saturated rings. The molecular weight excluding hydrogens is 637 g/mol. The number of hydrogen-bond donors (Lipinski definition) is 0. The van der Waals surface area contributed by atoms with E-state index in [1.165, 1.54) is 41.8 Å². The number of aromatic nitrogens is 2. The quantitative estimate of drug-likeness (QED) is 0.189. The highest BCUT2D eigenvalue weighted by atomic mass is 32.2. The lowest BCUT2D eigenvalue weighted by Gasteiger charge is -2.22. The lowest BCUT2D eigenvalue weighted by molar-refractivity contribution is 0.670. The van der Waals surface area contributed by atoms with Crippen LogP contribution in [-0.2, 0) is 0 Å². The Kier molecular flexibility index (Phi) is 5.76. The van der Waals surface area contributed by atoms with E-state index in [-0.39, 0.29) is 0 Å². The molecule has 49 heavy (non-hydrogen) atoms. The average Bonchev–Trinajstić information content (AvgIpc) is 3.73. The Morgan fingerprint density at radius 2 is 1.24 bits per heavy atom. The largest absolute Gasteiger partial charge is 0.455 e. The lowest BCUT2D eigenvalue weighted by atomic mass is 9.93. The summed E-state index contributed by atoms with van der Waals surface area (Å²) < 4.78 is 8.75. The van der Waals surface area contributed by atoms with Crippen LogP contribution < -0.4 is 0 Å². The molecule has 3 nitrogen and oxygen atoms in total. The van der Waals surface area contributed by atoms with E-state index < -0.39 is 0 Å². The van der Waals surface area contributed by atoms with Crippen LogP contribution in [0.15, 0.2) is 160 Å². The first kappa shape index (κ1) is 27.2. The second-order valence-electron chi connectivity index (χ2n) is 12.5. The van der Waals surface area contributed by atoms with Gasteiger partial charge in [0.15, 0.2) is 5.82 Å². The molecule has 0 aliphatic carbocycles. The van der Waals surface area contributed by atoms with Gasteiger partial charge in [-0.2, -0.15) is 0 Å². The molecule has 1 aliphatic heterocycles. The van der Waals surface area contributed by atoms with Crippen LogP contribution in [0.2, 0.25) is 0 Å². The van der Waals surface area contributed by atoms with E-state index >= 15 is 0 Å². The zero-order valence-corrected chi connectivity index (χ0v) is 27.6. The summed E-state index contributed by atoms with van der Waals surface area (Å²) in [5, 5.41) is 5.89. The molecule has 0 saturated carbocycles. The van der Waals surface area contributed by atoms with E-state index in [4.69, 9.17) is 14.4 Å². The van der Waals surface area contributed by atoms with Crippen LogP contribution in [0.25, 0.3) is 97.9 Å². The maximum Gasteiger partial charge on any atom is 0.161 e. The van der Waals surface area contributed by atoms with Gasteiger partial charge < -0.3 is 4.42 Å². The molecule has 0 N–H and O–H groups in total. The van der Waals surface area contributed by atoms with Crippen LogP contribution in [0.3, 0.4) is 0 Å². The van der Waals surface area contributed by atoms with Crippen molar-refractivity contribution in [2.24, 2.45) is 0 Å². The van der Waals surface area contributed by atoms with E-state index in [9.17, 15) is 0 Å². The van der Waals surface area contributed by atoms with Crippen molar-refractivity contribution in [2.45, 2.75) is 9.79 Å². The third kappa shape index (κ3) is 4.03. The van der Waals surface area contributed by atoms with E-state index in [0.717, 1.165) is 65.9 Å². The molecule has 1 aliphatic rings. The fraction of sp³-hybridized carbons (Fsp3) is 0. The minimum absolute atomic E-state index is 0.753. The van der Waals surface area contributed by atoms with Crippen LogP contribution in [-0.4, -0.2) is 9.97 Å². The van der Waals surface area contributed by atoms with Crippen molar-refractivity contribution in [3.05, 3.63) is 146 Å². The van der Waals surface area contributed by atoms with Crippen molar-refractivity contribution in [1.29, 1.82) is 0 Å². The van der Waals surface area contributed by atoms with Crippen molar-refractivity contribution in [3.63, 3.8) is 0 Å². The van der Waals surface area contributed by atoms with Gasteiger partial charge in [-0.25, -0.2) is 9.97 Å². The molecule has 4 heterocycles.